The second-order valence-electron chi connectivity index (χ2n) is 3.88. The third-order valence-corrected chi connectivity index (χ3v) is 3.74. The zero-order chi connectivity index (χ0) is 8.13. The third kappa shape index (κ3) is 1.00. The normalized spacial score (nSPS) is 33.8. The van der Waals surface area contributed by atoms with E-state index in [2.05, 4.69) is 4.98 Å². The lowest BCUT2D eigenvalue weighted by atomic mass is 10.2. The molecule has 0 saturated heterocycles. The number of thiazole rings is 1. The molecular formula is C9H12N2S. The molecular weight excluding hydrogens is 168 g/mol. The van der Waals surface area contributed by atoms with Gasteiger partial charge in [-0.15, -0.1) is 11.3 Å². The molecule has 2 atom stereocenters. The van der Waals surface area contributed by atoms with Gasteiger partial charge in [-0.2, -0.15) is 0 Å². The van der Waals surface area contributed by atoms with E-state index in [9.17, 15) is 0 Å². The van der Waals surface area contributed by atoms with Crippen molar-refractivity contribution < 1.29 is 0 Å². The SMILES string of the molecule is NC1CC1c1scnc1C1CC1. The first-order chi connectivity index (χ1) is 5.86. The number of aromatic nitrogens is 1. The molecule has 1 aromatic rings. The van der Waals surface area contributed by atoms with Crippen molar-refractivity contribution in [2.24, 2.45) is 5.73 Å². The Labute approximate surface area is 75.8 Å². The average Bonchev–Trinajstić information content (AvgIpc) is 2.96. The Balaban J connectivity index is 1.92. The van der Waals surface area contributed by atoms with Gasteiger partial charge in [0, 0.05) is 22.8 Å². The number of rotatable bonds is 2. The first-order valence-corrected chi connectivity index (χ1v) is 5.43. The van der Waals surface area contributed by atoms with Crippen LogP contribution in [-0.4, -0.2) is 11.0 Å². The van der Waals surface area contributed by atoms with Crippen molar-refractivity contribution in [3.8, 4) is 0 Å². The Morgan fingerprint density at radius 3 is 2.83 bits per heavy atom. The van der Waals surface area contributed by atoms with E-state index in [0.717, 1.165) is 5.92 Å². The summed E-state index contributed by atoms with van der Waals surface area (Å²) in [6.45, 7) is 0. The fraction of sp³-hybridized carbons (Fsp3) is 0.667. The fourth-order valence-electron chi connectivity index (χ4n) is 1.72. The Morgan fingerprint density at radius 1 is 1.50 bits per heavy atom. The molecule has 64 valence electrons. The lowest BCUT2D eigenvalue weighted by Gasteiger charge is -1.96. The van der Waals surface area contributed by atoms with Gasteiger partial charge in [0.05, 0.1) is 11.2 Å². The summed E-state index contributed by atoms with van der Waals surface area (Å²) in [5.74, 6) is 1.45. The molecule has 1 heterocycles. The van der Waals surface area contributed by atoms with E-state index in [1.165, 1.54) is 29.8 Å². The summed E-state index contributed by atoms with van der Waals surface area (Å²) in [5.41, 5.74) is 9.18. The maximum absolute atomic E-state index is 5.83. The number of nitrogens with two attached hydrogens (primary N) is 1. The van der Waals surface area contributed by atoms with E-state index < -0.39 is 0 Å². The second kappa shape index (κ2) is 2.30. The molecule has 3 rings (SSSR count). The van der Waals surface area contributed by atoms with Gasteiger partial charge in [0.15, 0.2) is 0 Å². The predicted octanol–water partition coefficient (Wildman–Crippen LogP) is 1.84. The van der Waals surface area contributed by atoms with E-state index >= 15 is 0 Å². The van der Waals surface area contributed by atoms with Crippen molar-refractivity contribution in [1.82, 2.24) is 4.98 Å². The van der Waals surface area contributed by atoms with Crippen LogP contribution in [0.15, 0.2) is 5.51 Å². The van der Waals surface area contributed by atoms with Gasteiger partial charge in [-0.3, -0.25) is 0 Å². The predicted molar refractivity (Wildman–Crippen MR) is 49.4 cm³/mol. The molecule has 2 unspecified atom stereocenters. The highest BCUT2D eigenvalue weighted by Crippen LogP contribution is 2.49. The minimum absolute atomic E-state index is 0.433. The van der Waals surface area contributed by atoms with Gasteiger partial charge in [0.25, 0.3) is 0 Å². The zero-order valence-corrected chi connectivity index (χ0v) is 7.68. The van der Waals surface area contributed by atoms with E-state index in [0.29, 0.717) is 12.0 Å². The molecule has 2 aliphatic carbocycles. The van der Waals surface area contributed by atoms with Crippen molar-refractivity contribution in [2.45, 2.75) is 37.1 Å². The van der Waals surface area contributed by atoms with E-state index in [-0.39, 0.29) is 0 Å². The topological polar surface area (TPSA) is 38.9 Å². The summed E-state index contributed by atoms with van der Waals surface area (Å²) >= 11 is 1.80. The van der Waals surface area contributed by atoms with Gasteiger partial charge in [0.1, 0.15) is 0 Å². The minimum Gasteiger partial charge on any atom is -0.327 e. The molecule has 2 fully saturated rings. The molecule has 2 N–H and O–H groups in total. The smallest absolute Gasteiger partial charge is 0.0797 e. The maximum Gasteiger partial charge on any atom is 0.0797 e. The summed E-state index contributed by atoms with van der Waals surface area (Å²) in [6.07, 6.45) is 3.87. The Kier molecular flexibility index (Phi) is 1.35. The largest absolute Gasteiger partial charge is 0.327 e. The number of hydrogen-bond acceptors (Lipinski definition) is 3. The monoisotopic (exact) mass is 180 g/mol. The molecule has 0 spiro atoms. The third-order valence-electron chi connectivity index (χ3n) is 2.76. The standard InChI is InChI=1S/C9H12N2S/c10-7-3-6(7)9-8(5-1-2-5)11-4-12-9/h4-7H,1-3,10H2. The van der Waals surface area contributed by atoms with Crippen LogP contribution in [0.3, 0.4) is 0 Å². The zero-order valence-electron chi connectivity index (χ0n) is 6.86. The average molecular weight is 180 g/mol. The molecule has 12 heavy (non-hydrogen) atoms. The van der Waals surface area contributed by atoms with Crippen LogP contribution in [-0.2, 0) is 0 Å². The first kappa shape index (κ1) is 7.04. The minimum atomic E-state index is 0.433. The molecule has 0 radical (unpaired) electrons. The van der Waals surface area contributed by atoms with E-state index in [1.54, 1.807) is 11.3 Å². The van der Waals surface area contributed by atoms with E-state index in [1.807, 2.05) is 5.51 Å². The lowest BCUT2D eigenvalue weighted by molar-refractivity contribution is 0.952. The van der Waals surface area contributed by atoms with Gasteiger partial charge in [-0.05, 0) is 19.3 Å². The Bertz CT molecular complexity index is 303. The summed E-state index contributed by atoms with van der Waals surface area (Å²) in [7, 11) is 0. The van der Waals surface area contributed by atoms with Gasteiger partial charge in [-0.25, -0.2) is 4.98 Å². The van der Waals surface area contributed by atoms with Gasteiger partial charge < -0.3 is 5.73 Å². The highest BCUT2D eigenvalue weighted by atomic mass is 32.1. The maximum atomic E-state index is 5.83. The molecule has 1 aromatic heterocycles. The fourth-order valence-corrected chi connectivity index (χ4v) is 2.79. The molecule has 0 aromatic carbocycles. The van der Waals surface area contributed by atoms with Crippen molar-refractivity contribution in [2.75, 3.05) is 0 Å². The van der Waals surface area contributed by atoms with Gasteiger partial charge in [0.2, 0.25) is 0 Å². The number of nitrogens with zero attached hydrogens (tertiary/aromatic N) is 1. The quantitative estimate of drug-likeness (QED) is 0.754. The first-order valence-electron chi connectivity index (χ1n) is 4.55. The van der Waals surface area contributed by atoms with E-state index in [4.69, 9.17) is 5.73 Å². The van der Waals surface area contributed by atoms with Crippen LogP contribution < -0.4 is 5.73 Å². The molecule has 0 bridgehead atoms. The van der Waals surface area contributed by atoms with Crippen LogP contribution in [0.5, 0.6) is 0 Å². The van der Waals surface area contributed by atoms with Crippen LogP contribution in [0.25, 0.3) is 0 Å². The molecule has 0 aliphatic heterocycles. The van der Waals surface area contributed by atoms with Crippen LogP contribution in [0.1, 0.15) is 41.7 Å². The summed E-state index contributed by atoms with van der Waals surface area (Å²) in [4.78, 5) is 5.93. The van der Waals surface area contributed by atoms with Crippen LogP contribution in [0.4, 0.5) is 0 Å². The number of hydrogen-bond donors (Lipinski definition) is 1. The summed E-state index contributed by atoms with van der Waals surface area (Å²) in [6, 6.07) is 0.433. The summed E-state index contributed by atoms with van der Waals surface area (Å²) < 4.78 is 0. The summed E-state index contributed by atoms with van der Waals surface area (Å²) in [5, 5.41) is 0. The highest BCUT2D eigenvalue weighted by Gasteiger charge is 2.40. The van der Waals surface area contributed by atoms with Crippen molar-refractivity contribution in [3.05, 3.63) is 16.1 Å². The van der Waals surface area contributed by atoms with Crippen LogP contribution in [0, 0.1) is 0 Å². The highest BCUT2D eigenvalue weighted by molar-refractivity contribution is 7.09. The lowest BCUT2D eigenvalue weighted by Crippen LogP contribution is -2.01. The van der Waals surface area contributed by atoms with Crippen LogP contribution >= 0.6 is 11.3 Å². The van der Waals surface area contributed by atoms with Gasteiger partial charge in [-0.1, -0.05) is 0 Å². The second-order valence-corrected chi connectivity index (χ2v) is 4.77. The Morgan fingerprint density at radius 2 is 2.25 bits per heavy atom. The molecule has 3 heteroatoms. The molecule has 2 aliphatic rings. The van der Waals surface area contributed by atoms with Gasteiger partial charge >= 0.3 is 0 Å². The molecule has 2 saturated carbocycles. The van der Waals surface area contributed by atoms with Crippen LogP contribution in [0.2, 0.25) is 0 Å². The van der Waals surface area contributed by atoms with Crippen molar-refractivity contribution in [1.29, 1.82) is 0 Å². The Hall–Kier alpha value is -0.410. The van der Waals surface area contributed by atoms with Crippen molar-refractivity contribution >= 4 is 11.3 Å². The molecule has 2 nitrogen and oxygen atoms in total. The molecule has 0 amide bonds. The van der Waals surface area contributed by atoms with Crippen molar-refractivity contribution in [3.63, 3.8) is 0 Å².